The van der Waals surface area contributed by atoms with Gasteiger partial charge in [-0.15, -0.1) is 0 Å². The van der Waals surface area contributed by atoms with E-state index in [0.29, 0.717) is 35.9 Å². The van der Waals surface area contributed by atoms with Gasteiger partial charge in [0.15, 0.2) is 0 Å². The number of aromatic nitrogens is 4. The fraction of sp³-hybridized carbons (Fsp3) is 0.524. The van der Waals surface area contributed by atoms with Gasteiger partial charge in [-0.25, -0.2) is 4.98 Å². The number of carbonyl (C=O) groups excluding carboxylic acids is 1. The van der Waals surface area contributed by atoms with Crippen molar-refractivity contribution in [1.29, 1.82) is 0 Å². The summed E-state index contributed by atoms with van der Waals surface area (Å²) in [6.07, 6.45) is 7.38. The highest BCUT2D eigenvalue weighted by Gasteiger charge is 2.60. The van der Waals surface area contributed by atoms with Crippen molar-refractivity contribution in [3.05, 3.63) is 24.3 Å². The maximum absolute atomic E-state index is 12.1. The summed E-state index contributed by atoms with van der Waals surface area (Å²) in [5.41, 5.74) is 1.88. The Labute approximate surface area is 172 Å². The number of nitrogens with one attached hydrogen (secondary N) is 3. The Hall–Kier alpha value is -2.94. The zero-order chi connectivity index (χ0) is 20.5. The lowest BCUT2D eigenvalue weighted by atomic mass is 9.76. The van der Waals surface area contributed by atoms with Crippen LogP contribution in [0.25, 0.3) is 22.5 Å². The van der Waals surface area contributed by atoms with Gasteiger partial charge in [-0.3, -0.25) is 4.79 Å². The molecule has 3 aromatic rings. The van der Waals surface area contributed by atoms with Gasteiger partial charge in [0, 0.05) is 30.4 Å². The predicted octanol–water partition coefficient (Wildman–Crippen LogP) is 2.32. The SMILES string of the molecule is CCNC(=O)c1noc(-c2cnc3[nH]ccc3c2N[C@@H]2[C@H]3CC4C[C@](O)(C3)C[C@@H]42)n1. The molecular formula is C21H24N6O3. The Morgan fingerprint density at radius 3 is 3.07 bits per heavy atom. The van der Waals surface area contributed by atoms with E-state index in [-0.39, 0.29) is 17.6 Å². The summed E-state index contributed by atoms with van der Waals surface area (Å²) in [6.45, 7) is 2.33. The number of aliphatic hydroxyl groups is 1. The molecule has 1 unspecified atom stereocenters. The summed E-state index contributed by atoms with van der Waals surface area (Å²) < 4.78 is 5.44. The van der Waals surface area contributed by atoms with Crippen molar-refractivity contribution in [2.24, 2.45) is 17.8 Å². The van der Waals surface area contributed by atoms with E-state index in [1.807, 2.05) is 19.2 Å². The fourth-order valence-electron chi connectivity index (χ4n) is 6.14. The summed E-state index contributed by atoms with van der Waals surface area (Å²) in [4.78, 5) is 24.0. The summed E-state index contributed by atoms with van der Waals surface area (Å²) in [5, 5.41) is 22.0. The number of hydrogen-bond acceptors (Lipinski definition) is 7. The molecule has 4 aliphatic carbocycles. The zero-order valence-electron chi connectivity index (χ0n) is 16.7. The molecule has 4 aliphatic rings. The number of nitrogens with zero attached hydrogens (tertiary/aromatic N) is 3. The fourth-order valence-corrected chi connectivity index (χ4v) is 6.14. The Bertz CT molecular complexity index is 1130. The number of anilines is 1. The van der Waals surface area contributed by atoms with Crippen LogP contribution in [-0.2, 0) is 0 Å². The van der Waals surface area contributed by atoms with Gasteiger partial charge in [-0.2, -0.15) is 4.98 Å². The van der Waals surface area contributed by atoms with Crippen LogP contribution in [0.2, 0.25) is 0 Å². The third kappa shape index (κ3) is 2.57. The van der Waals surface area contributed by atoms with Crippen LogP contribution in [0, 0.1) is 17.8 Å². The molecule has 9 nitrogen and oxygen atoms in total. The van der Waals surface area contributed by atoms with Crippen molar-refractivity contribution in [3.63, 3.8) is 0 Å². The molecule has 1 amide bonds. The summed E-state index contributed by atoms with van der Waals surface area (Å²) >= 11 is 0. The first-order valence-electron chi connectivity index (χ1n) is 10.6. The molecule has 0 aliphatic heterocycles. The van der Waals surface area contributed by atoms with E-state index >= 15 is 0 Å². The average Bonchev–Trinajstić information content (AvgIpc) is 3.46. The predicted molar refractivity (Wildman–Crippen MR) is 109 cm³/mol. The van der Waals surface area contributed by atoms with Crippen LogP contribution in [-0.4, -0.2) is 49.3 Å². The lowest BCUT2D eigenvalue weighted by molar-refractivity contribution is -0.0139. The lowest BCUT2D eigenvalue weighted by Gasteiger charge is -2.39. The monoisotopic (exact) mass is 408 g/mol. The highest BCUT2D eigenvalue weighted by molar-refractivity contribution is 5.97. The summed E-state index contributed by atoms with van der Waals surface area (Å²) in [6, 6.07) is 2.27. The molecule has 4 N–H and O–H groups in total. The first-order valence-corrected chi connectivity index (χ1v) is 10.6. The minimum absolute atomic E-state index is 0.00717. The summed E-state index contributed by atoms with van der Waals surface area (Å²) in [7, 11) is 0. The van der Waals surface area contributed by atoms with Crippen molar-refractivity contribution in [2.45, 2.75) is 44.2 Å². The van der Waals surface area contributed by atoms with Crippen LogP contribution in [0.4, 0.5) is 5.69 Å². The van der Waals surface area contributed by atoms with Gasteiger partial charge in [-0.05, 0) is 56.4 Å². The Morgan fingerprint density at radius 1 is 1.37 bits per heavy atom. The molecular weight excluding hydrogens is 384 g/mol. The summed E-state index contributed by atoms with van der Waals surface area (Å²) in [5.74, 6) is 1.42. The molecule has 0 saturated heterocycles. The lowest BCUT2D eigenvalue weighted by Crippen LogP contribution is -2.42. The van der Waals surface area contributed by atoms with Gasteiger partial charge in [0.1, 0.15) is 5.65 Å². The van der Waals surface area contributed by atoms with E-state index in [1.54, 1.807) is 6.20 Å². The highest BCUT2D eigenvalue weighted by atomic mass is 16.5. The number of amides is 1. The number of rotatable bonds is 5. The Kier molecular flexibility index (Phi) is 3.74. The van der Waals surface area contributed by atoms with Gasteiger partial charge >= 0.3 is 0 Å². The molecule has 4 bridgehead atoms. The molecule has 4 saturated carbocycles. The van der Waals surface area contributed by atoms with E-state index in [9.17, 15) is 9.90 Å². The zero-order valence-corrected chi connectivity index (χ0v) is 16.7. The van der Waals surface area contributed by atoms with Crippen molar-refractivity contribution in [3.8, 4) is 11.5 Å². The number of fused-ring (bicyclic) bond motifs is 1. The molecule has 5 atom stereocenters. The van der Waals surface area contributed by atoms with Crippen molar-refractivity contribution < 1.29 is 14.4 Å². The van der Waals surface area contributed by atoms with E-state index in [1.165, 1.54) is 6.42 Å². The maximum Gasteiger partial charge on any atom is 0.292 e. The Balaban J connectivity index is 1.39. The maximum atomic E-state index is 12.1. The molecule has 156 valence electrons. The van der Waals surface area contributed by atoms with Crippen LogP contribution in [0.5, 0.6) is 0 Å². The van der Waals surface area contributed by atoms with Crippen LogP contribution in [0.15, 0.2) is 23.0 Å². The van der Waals surface area contributed by atoms with E-state index in [4.69, 9.17) is 4.52 Å². The Morgan fingerprint density at radius 2 is 2.23 bits per heavy atom. The number of hydrogen-bond donors (Lipinski definition) is 4. The second kappa shape index (κ2) is 6.28. The molecule has 3 aromatic heterocycles. The van der Waals surface area contributed by atoms with Crippen molar-refractivity contribution in [2.75, 3.05) is 11.9 Å². The largest absolute Gasteiger partial charge is 0.390 e. The molecule has 3 heterocycles. The van der Waals surface area contributed by atoms with Crippen molar-refractivity contribution in [1.82, 2.24) is 25.4 Å². The van der Waals surface area contributed by atoms with Crippen LogP contribution in [0.1, 0.15) is 43.2 Å². The molecule has 0 aromatic carbocycles. The van der Waals surface area contributed by atoms with Gasteiger partial charge in [0.2, 0.25) is 0 Å². The molecule has 9 heteroatoms. The standard InChI is InChI=1S/C21H24N6O3/c1-2-22-19(28)18-26-20(30-27-18)14-9-24-17-12(3-4-23-17)16(14)25-15-11-5-10-6-21(29,7-11)8-13(10)15/h3-4,9-11,13,15,29H,2,5-8H2,1H3,(H,22,28)(H2,23,24,25)/t10?,11-,13-,15+,21-/m0/s1. The average molecular weight is 408 g/mol. The van der Waals surface area contributed by atoms with Gasteiger partial charge in [0.25, 0.3) is 17.6 Å². The van der Waals surface area contributed by atoms with E-state index in [2.05, 4.69) is 30.7 Å². The first kappa shape index (κ1) is 17.9. The minimum Gasteiger partial charge on any atom is -0.390 e. The quantitative estimate of drug-likeness (QED) is 0.510. The number of carbonyl (C=O) groups is 1. The van der Waals surface area contributed by atoms with E-state index in [0.717, 1.165) is 36.0 Å². The van der Waals surface area contributed by atoms with Gasteiger partial charge in [-0.1, -0.05) is 5.16 Å². The molecule has 7 rings (SSSR count). The molecule has 30 heavy (non-hydrogen) atoms. The number of H-pyrrole nitrogens is 1. The third-order valence-electron chi connectivity index (χ3n) is 7.17. The second-order valence-electron chi connectivity index (χ2n) is 9.00. The van der Waals surface area contributed by atoms with Crippen LogP contribution in [0.3, 0.4) is 0 Å². The van der Waals surface area contributed by atoms with Gasteiger partial charge < -0.3 is 25.2 Å². The normalized spacial score (nSPS) is 31.5. The van der Waals surface area contributed by atoms with Crippen molar-refractivity contribution >= 4 is 22.6 Å². The molecule has 0 radical (unpaired) electrons. The molecule has 0 spiro atoms. The van der Waals surface area contributed by atoms with Crippen LogP contribution < -0.4 is 10.6 Å². The first-order chi connectivity index (χ1) is 14.5. The van der Waals surface area contributed by atoms with E-state index < -0.39 is 5.60 Å². The minimum atomic E-state index is -0.463. The number of pyridine rings is 1. The smallest absolute Gasteiger partial charge is 0.292 e. The number of aromatic amines is 1. The topological polar surface area (TPSA) is 129 Å². The van der Waals surface area contributed by atoms with Crippen LogP contribution >= 0.6 is 0 Å². The highest BCUT2D eigenvalue weighted by Crippen LogP contribution is 2.60. The van der Waals surface area contributed by atoms with Gasteiger partial charge in [0.05, 0.1) is 16.9 Å². The third-order valence-corrected chi connectivity index (χ3v) is 7.17. The second-order valence-corrected chi connectivity index (χ2v) is 9.00. The molecule has 4 fully saturated rings.